The molecule has 250 valence electrons. The van der Waals surface area contributed by atoms with Crippen LogP contribution in [0.1, 0.15) is 74.1 Å². The van der Waals surface area contributed by atoms with Crippen LogP contribution in [0.3, 0.4) is 0 Å². The fourth-order valence-corrected chi connectivity index (χ4v) is 7.80. The van der Waals surface area contributed by atoms with Gasteiger partial charge in [0.25, 0.3) is 0 Å². The van der Waals surface area contributed by atoms with Crippen molar-refractivity contribution >= 4 is 5.97 Å². The average molecular weight is 629 g/mol. The standard InChI is InChI=1S/C36H52O9/c1-19(2)13-23(6)32-24(7)29(37)17-35(45-32)16-27-15-26(44-35)12-11-21(4)30(38)20(3)9-8-10-25-18-42-33-31(39)22(5)14-28(34(40)43-27)36(25,33)41/h8-11,13-14,19-20,24,26-33,37-39,41H,12,15-18H2,1-7H3/t20-,24-,26+,27-,28-,29-,30-,31+,32?,33+,35-,36+/m0/s1. The van der Waals surface area contributed by atoms with Crippen LogP contribution in [0.15, 0.2) is 58.7 Å². The Hall–Kier alpha value is -2.11. The molecular weight excluding hydrogens is 576 g/mol. The normalized spacial score (nSPS) is 44.7. The van der Waals surface area contributed by atoms with Gasteiger partial charge in [0.15, 0.2) is 5.79 Å². The second-order valence-corrected chi connectivity index (χ2v) is 14.4. The van der Waals surface area contributed by atoms with E-state index in [1.165, 1.54) is 0 Å². The summed E-state index contributed by atoms with van der Waals surface area (Å²) in [7, 11) is 0. The van der Waals surface area contributed by atoms with Gasteiger partial charge >= 0.3 is 5.97 Å². The smallest absolute Gasteiger partial charge is 0.316 e. The van der Waals surface area contributed by atoms with Crippen LogP contribution >= 0.6 is 0 Å². The highest BCUT2D eigenvalue weighted by molar-refractivity contribution is 5.78. The molecule has 12 atom stereocenters. The molecule has 3 fully saturated rings. The SMILES string of the molecule is CC(=CC(C)C)C1O[C@@]2(C[C@@H]3C[C@@H](CC=C(C)[C@@H](O)[C@@H](C)C=CC=C4CO[C@@H]5[C@H](O)C(C)=C[C@@H](C(=O)O3)[C@]45O)O2)C[C@H](O)[C@@H]1C. The van der Waals surface area contributed by atoms with Gasteiger partial charge in [-0.15, -0.1) is 0 Å². The average Bonchev–Trinajstić information content (AvgIpc) is 3.31. The maximum Gasteiger partial charge on any atom is 0.316 e. The molecule has 5 rings (SSSR count). The van der Waals surface area contributed by atoms with E-state index in [1.54, 1.807) is 25.2 Å². The van der Waals surface area contributed by atoms with Crippen LogP contribution in [-0.4, -0.2) is 87.1 Å². The maximum atomic E-state index is 14.1. The van der Waals surface area contributed by atoms with Gasteiger partial charge in [0.05, 0.1) is 31.0 Å². The van der Waals surface area contributed by atoms with Gasteiger partial charge in [0.1, 0.15) is 29.8 Å². The summed E-state index contributed by atoms with van der Waals surface area (Å²) in [5.41, 5.74) is 0.974. The molecule has 1 spiro atoms. The number of carbonyl (C=O) groups excluding carboxylic acids is 1. The Kier molecular flexibility index (Phi) is 10.0. The van der Waals surface area contributed by atoms with Crippen LogP contribution in [0.25, 0.3) is 0 Å². The highest BCUT2D eigenvalue weighted by atomic mass is 16.7. The van der Waals surface area contributed by atoms with Crippen molar-refractivity contribution in [2.75, 3.05) is 6.61 Å². The van der Waals surface area contributed by atoms with Crippen LogP contribution in [0.4, 0.5) is 0 Å². The lowest BCUT2D eigenvalue weighted by molar-refractivity contribution is -0.342. The first-order valence-corrected chi connectivity index (χ1v) is 16.5. The molecule has 0 aromatic carbocycles. The first kappa shape index (κ1) is 34.2. The first-order chi connectivity index (χ1) is 21.1. The van der Waals surface area contributed by atoms with Crippen LogP contribution in [-0.2, 0) is 23.7 Å². The fourth-order valence-electron chi connectivity index (χ4n) is 7.80. The summed E-state index contributed by atoms with van der Waals surface area (Å²) in [6.07, 6.45) is 7.28. The fraction of sp³-hybridized carbons (Fsp3) is 0.694. The summed E-state index contributed by atoms with van der Waals surface area (Å²) in [6, 6.07) is 0. The Balaban J connectivity index is 1.54. The maximum absolute atomic E-state index is 14.1. The predicted octanol–water partition coefficient (Wildman–Crippen LogP) is 4.06. The van der Waals surface area contributed by atoms with Crippen molar-refractivity contribution in [2.24, 2.45) is 23.7 Å². The van der Waals surface area contributed by atoms with E-state index >= 15 is 0 Å². The zero-order valence-corrected chi connectivity index (χ0v) is 27.7. The van der Waals surface area contributed by atoms with Crippen molar-refractivity contribution in [3.63, 3.8) is 0 Å². The van der Waals surface area contributed by atoms with Crippen LogP contribution in [0.5, 0.6) is 0 Å². The van der Waals surface area contributed by atoms with Gasteiger partial charge in [-0.2, -0.15) is 0 Å². The molecule has 5 aliphatic rings. The number of aliphatic hydroxyl groups is 4. The minimum absolute atomic E-state index is 0.0420. The van der Waals surface area contributed by atoms with Gasteiger partial charge in [-0.25, -0.2) is 0 Å². The van der Waals surface area contributed by atoms with E-state index in [1.807, 2.05) is 39.8 Å². The lowest BCUT2D eigenvalue weighted by Crippen LogP contribution is -2.59. The molecule has 4 heterocycles. The van der Waals surface area contributed by atoms with Crippen molar-refractivity contribution in [3.8, 4) is 0 Å². The summed E-state index contributed by atoms with van der Waals surface area (Å²) in [6.45, 7) is 13.7. The van der Waals surface area contributed by atoms with Gasteiger partial charge in [-0.1, -0.05) is 64.2 Å². The van der Waals surface area contributed by atoms with Crippen molar-refractivity contribution < 1.29 is 44.2 Å². The highest BCUT2D eigenvalue weighted by Gasteiger charge is 2.60. The highest BCUT2D eigenvalue weighted by Crippen LogP contribution is 2.47. The zero-order valence-electron chi connectivity index (χ0n) is 27.7. The van der Waals surface area contributed by atoms with Crippen molar-refractivity contribution in [1.82, 2.24) is 0 Å². The number of esters is 1. The van der Waals surface area contributed by atoms with Crippen molar-refractivity contribution in [1.29, 1.82) is 0 Å². The zero-order chi connectivity index (χ0) is 32.8. The molecule has 1 unspecified atom stereocenters. The number of rotatable bonds is 2. The molecule has 1 aliphatic carbocycles. The number of fused-ring (bicyclic) bond motifs is 2. The molecule has 3 saturated heterocycles. The molecule has 0 amide bonds. The molecular formula is C36H52O9. The van der Waals surface area contributed by atoms with Crippen LogP contribution in [0.2, 0.25) is 0 Å². The van der Waals surface area contributed by atoms with E-state index < -0.39 is 59.9 Å². The number of hydrogen-bond donors (Lipinski definition) is 4. The number of aliphatic hydroxyl groups excluding tert-OH is 3. The second-order valence-electron chi connectivity index (χ2n) is 14.4. The lowest BCUT2D eigenvalue weighted by Gasteiger charge is -2.51. The first-order valence-electron chi connectivity index (χ1n) is 16.5. The lowest BCUT2D eigenvalue weighted by atomic mass is 9.71. The van der Waals surface area contributed by atoms with Gasteiger partial charge in [-0.05, 0) is 55.4 Å². The number of ether oxygens (including phenoxy) is 4. The third kappa shape index (κ3) is 6.68. The largest absolute Gasteiger partial charge is 0.462 e. The molecule has 9 heteroatoms. The van der Waals surface area contributed by atoms with Crippen molar-refractivity contribution in [2.45, 2.75) is 128 Å². The van der Waals surface area contributed by atoms with Gasteiger partial charge in [0, 0.05) is 31.1 Å². The third-order valence-electron chi connectivity index (χ3n) is 10.4. The van der Waals surface area contributed by atoms with Gasteiger partial charge in [-0.3, -0.25) is 4.79 Å². The van der Waals surface area contributed by atoms with Crippen LogP contribution in [0, 0.1) is 23.7 Å². The van der Waals surface area contributed by atoms with Gasteiger partial charge in [0.2, 0.25) is 0 Å². The molecule has 0 radical (unpaired) electrons. The Morgan fingerprint density at radius 2 is 1.78 bits per heavy atom. The topological polar surface area (TPSA) is 135 Å². The van der Waals surface area contributed by atoms with E-state index in [2.05, 4.69) is 19.9 Å². The minimum atomic E-state index is -1.81. The molecule has 4 aliphatic heterocycles. The number of allylic oxidation sites excluding steroid dienone is 3. The van der Waals surface area contributed by atoms with E-state index in [0.29, 0.717) is 29.9 Å². The Labute approximate surface area is 267 Å². The summed E-state index contributed by atoms with van der Waals surface area (Å²) in [5.74, 6) is -3.02. The number of carbonyl (C=O) groups is 1. The summed E-state index contributed by atoms with van der Waals surface area (Å²) >= 11 is 0. The Morgan fingerprint density at radius 1 is 1.04 bits per heavy atom. The van der Waals surface area contributed by atoms with Crippen LogP contribution < -0.4 is 0 Å². The van der Waals surface area contributed by atoms with Crippen molar-refractivity contribution in [3.05, 3.63) is 58.7 Å². The molecule has 4 N–H and O–H groups in total. The summed E-state index contributed by atoms with van der Waals surface area (Å²) in [5, 5.41) is 45.4. The second kappa shape index (κ2) is 13.2. The molecule has 0 aromatic rings. The monoisotopic (exact) mass is 628 g/mol. The molecule has 2 bridgehead atoms. The summed E-state index contributed by atoms with van der Waals surface area (Å²) < 4.78 is 25.6. The quantitative estimate of drug-likeness (QED) is 0.264. The third-order valence-corrected chi connectivity index (χ3v) is 10.4. The predicted molar refractivity (Wildman–Crippen MR) is 169 cm³/mol. The minimum Gasteiger partial charge on any atom is -0.462 e. The Morgan fingerprint density at radius 3 is 2.49 bits per heavy atom. The number of hydrogen-bond acceptors (Lipinski definition) is 9. The van der Waals surface area contributed by atoms with E-state index in [-0.39, 0.29) is 37.4 Å². The Bertz CT molecular complexity index is 1280. The molecule has 0 saturated carbocycles. The van der Waals surface area contributed by atoms with E-state index in [9.17, 15) is 25.2 Å². The molecule has 45 heavy (non-hydrogen) atoms. The van der Waals surface area contributed by atoms with E-state index in [0.717, 1.165) is 11.1 Å². The molecule has 9 nitrogen and oxygen atoms in total. The molecule has 0 aromatic heterocycles. The van der Waals surface area contributed by atoms with E-state index in [4.69, 9.17) is 18.9 Å². The van der Waals surface area contributed by atoms with Gasteiger partial charge < -0.3 is 39.4 Å². The summed E-state index contributed by atoms with van der Waals surface area (Å²) in [4.78, 5) is 14.1.